The van der Waals surface area contributed by atoms with Gasteiger partial charge in [0.25, 0.3) is 0 Å². The third-order valence-corrected chi connectivity index (χ3v) is 3.42. The van der Waals surface area contributed by atoms with Crippen molar-refractivity contribution in [3.8, 4) is 0 Å². The first-order valence-corrected chi connectivity index (χ1v) is 6.65. The maximum atomic E-state index is 11.8. The number of ether oxygens (including phenoxy) is 1. The van der Waals surface area contributed by atoms with Crippen molar-refractivity contribution in [2.24, 2.45) is 11.8 Å². The fourth-order valence-electron chi connectivity index (χ4n) is 2.39. The molecule has 2 N–H and O–H groups in total. The van der Waals surface area contributed by atoms with Crippen molar-refractivity contribution in [1.29, 1.82) is 0 Å². The molecule has 0 bridgehead atoms. The minimum Gasteiger partial charge on any atom is -0.378 e. The molecule has 6 nitrogen and oxygen atoms in total. The van der Waals surface area contributed by atoms with Gasteiger partial charge >= 0.3 is 6.03 Å². The van der Waals surface area contributed by atoms with Gasteiger partial charge in [-0.3, -0.25) is 5.32 Å². The van der Waals surface area contributed by atoms with Gasteiger partial charge in [0.15, 0.2) is 5.82 Å². The van der Waals surface area contributed by atoms with Crippen LogP contribution < -0.4 is 10.6 Å². The van der Waals surface area contributed by atoms with E-state index in [4.69, 9.17) is 9.26 Å². The highest BCUT2D eigenvalue weighted by atomic mass is 16.5. The number of nitrogens with one attached hydrogen (secondary N) is 2. The second-order valence-electron chi connectivity index (χ2n) is 5.31. The van der Waals surface area contributed by atoms with Crippen LogP contribution in [0.1, 0.15) is 25.8 Å². The summed E-state index contributed by atoms with van der Waals surface area (Å²) in [6.45, 7) is 7.50. The topological polar surface area (TPSA) is 76.4 Å². The molecule has 0 aromatic carbocycles. The normalized spacial score (nSPS) is 22.7. The molecule has 6 heteroatoms. The first-order chi connectivity index (χ1) is 9.08. The van der Waals surface area contributed by atoms with Crippen LogP contribution in [-0.4, -0.2) is 30.4 Å². The molecule has 1 aromatic heterocycles. The lowest BCUT2D eigenvalue weighted by atomic mass is 9.93. The number of hydrogen-bond acceptors (Lipinski definition) is 4. The number of aromatic nitrogens is 1. The maximum Gasteiger partial charge on any atom is 0.320 e. The largest absolute Gasteiger partial charge is 0.378 e. The van der Waals surface area contributed by atoms with Crippen LogP contribution in [0.2, 0.25) is 0 Å². The Balaban J connectivity index is 1.79. The molecule has 1 aromatic rings. The molecule has 0 saturated carbocycles. The first-order valence-electron chi connectivity index (χ1n) is 6.65. The Morgan fingerprint density at radius 1 is 1.58 bits per heavy atom. The van der Waals surface area contributed by atoms with Crippen LogP contribution in [0.4, 0.5) is 10.6 Å². The van der Waals surface area contributed by atoms with Gasteiger partial charge in [-0.05, 0) is 19.3 Å². The molecular formula is C13H21N3O3. The minimum absolute atomic E-state index is 0.231. The van der Waals surface area contributed by atoms with Crippen molar-refractivity contribution in [1.82, 2.24) is 10.5 Å². The Kier molecular flexibility index (Phi) is 4.42. The molecule has 1 fully saturated rings. The molecule has 2 heterocycles. The quantitative estimate of drug-likeness (QED) is 0.876. The van der Waals surface area contributed by atoms with Gasteiger partial charge < -0.3 is 14.6 Å². The van der Waals surface area contributed by atoms with E-state index >= 15 is 0 Å². The van der Waals surface area contributed by atoms with E-state index in [9.17, 15) is 4.79 Å². The van der Waals surface area contributed by atoms with E-state index in [2.05, 4.69) is 29.6 Å². The average molecular weight is 267 g/mol. The number of hydrogen-bond donors (Lipinski definition) is 2. The Hall–Kier alpha value is -1.56. The number of nitrogens with zero attached hydrogens (tertiary/aromatic N) is 1. The molecular weight excluding hydrogens is 246 g/mol. The maximum absolute atomic E-state index is 11.8. The van der Waals surface area contributed by atoms with Gasteiger partial charge in [-0.1, -0.05) is 19.0 Å². The predicted octanol–water partition coefficient (Wildman–Crippen LogP) is 2.17. The second kappa shape index (κ2) is 6.06. The minimum atomic E-state index is -0.258. The number of aryl methyl sites for hydroxylation is 1. The van der Waals surface area contributed by atoms with Crippen LogP contribution in [-0.2, 0) is 4.74 Å². The van der Waals surface area contributed by atoms with E-state index in [1.54, 1.807) is 0 Å². The summed E-state index contributed by atoms with van der Waals surface area (Å²) in [5, 5.41) is 9.23. The van der Waals surface area contributed by atoms with Crippen molar-refractivity contribution >= 4 is 11.8 Å². The predicted molar refractivity (Wildman–Crippen MR) is 70.9 cm³/mol. The summed E-state index contributed by atoms with van der Waals surface area (Å²) in [6, 6.07) is -0.258. The van der Waals surface area contributed by atoms with Crippen molar-refractivity contribution in [3.63, 3.8) is 0 Å². The second-order valence-corrected chi connectivity index (χ2v) is 5.31. The standard InChI is InChI=1S/C13H21N3O3/c1-8(2)11-10(4-5-18-11)6-14-13(17)15-12-9(3)7-19-16-12/h7-8,10-11H,4-6H2,1-3H3,(H2,14,15,16,17)/t10-,11+/m1/s1. The zero-order valence-electron chi connectivity index (χ0n) is 11.6. The fourth-order valence-corrected chi connectivity index (χ4v) is 2.39. The first kappa shape index (κ1) is 13.9. The van der Waals surface area contributed by atoms with E-state index in [0.717, 1.165) is 18.6 Å². The highest BCUT2D eigenvalue weighted by Gasteiger charge is 2.30. The van der Waals surface area contributed by atoms with Crippen molar-refractivity contribution in [3.05, 3.63) is 11.8 Å². The molecule has 106 valence electrons. The number of urea groups is 1. The molecule has 1 saturated heterocycles. The number of carbonyl (C=O) groups excluding carboxylic acids is 1. The van der Waals surface area contributed by atoms with E-state index in [-0.39, 0.29) is 12.1 Å². The molecule has 0 unspecified atom stereocenters. The molecule has 0 aliphatic carbocycles. The zero-order chi connectivity index (χ0) is 13.8. The molecule has 2 atom stereocenters. The molecule has 2 rings (SSSR count). The average Bonchev–Trinajstić information content (AvgIpc) is 2.96. The third kappa shape index (κ3) is 3.47. The summed E-state index contributed by atoms with van der Waals surface area (Å²) in [7, 11) is 0. The number of amides is 2. The molecule has 0 spiro atoms. The lowest BCUT2D eigenvalue weighted by molar-refractivity contribution is 0.0546. The summed E-state index contributed by atoms with van der Waals surface area (Å²) in [4.78, 5) is 11.8. The van der Waals surface area contributed by atoms with Crippen molar-refractivity contribution in [2.45, 2.75) is 33.3 Å². The molecule has 1 aliphatic heterocycles. The van der Waals surface area contributed by atoms with Crippen LogP contribution in [0.5, 0.6) is 0 Å². The van der Waals surface area contributed by atoms with Gasteiger partial charge in [0, 0.05) is 24.6 Å². The van der Waals surface area contributed by atoms with E-state index < -0.39 is 0 Å². The zero-order valence-corrected chi connectivity index (χ0v) is 11.6. The third-order valence-electron chi connectivity index (χ3n) is 3.42. The van der Waals surface area contributed by atoms with Gasteiger partial charge in [0.1, 0.15) is 6.26 Å². The van der Waals surface area contributed by atoms with Crippen LogP contribution in [0.3, 0.4) is 0 Å². The molecule has 1 aliphatic rings. The number of carbonyl (C=O) groups is 1. The molecule has 2 amide bonds. The van der Waals surface area contributed by atoms with E-state index in [1.165, 1.54) is 6.26 Å². The number of anilines is 1. The summed E-state index contributed by atoms with van der Waals surface area (Å²) in [5.41, 5.74) is 0.805. The Bertz CT molecular complexity index is 431. The summed E-state index contributed by atoms with van der Waals surface area (Å²) in [5.74, 6) is 1.31. The Labute approximate surface area is 112 Å². The number of rotatable bonds is 4. The Morgan fingerprint density at radius 2 is 2.37 bits per heavy atom. The molecule has 19 heavy (non-hydrogen) atoms. The summed E-state index contributed by atoms with van der Waals surface area (Å²) < 4.78 is 10.4. The summed E-state index contributed by atoms with van der Waals surface area (Å²) >= 11 is 0. The monoisotopic (exact) mass is 267 g/mol. The molecule has 0 radical (unpaired) electrons. The highest BCUT2D eigenvalue weighted by Crippen LogP contribution is 2.26. The smallest absolute Gasteiger partial charge is 0.320 e. The van der Waals surface area contributed by atoms with Gasteiger partial charge in [-0.2, -0.15) is 0 Å². The fraction of sp³-hybridized carbons (Fsp3) is 0.692. The van der Waals surface area contributed by atoms with Crippen molar-refractivity contribution in [2.75, 3.05) is 18.5 Å². The van der Waals surface area contributed by atoms with Crippen LogP contribution in [0, 0.1) is 18.8 Å². The van der Waals surface area contributed by atoms with E-state index in [1.807, 2.05) is 6.92 Å². The Morgan fingerprint density at radius 3 is 3.00 bits per heavy atom. The highest BCUT2D eigenvalue weighted by molar-refractivity contribution is 5.88. The SMILES string of the molecule is Cc1conc1NC(=O)NC[C@H]1CCO[C@H]1C(C)C. The van der Waals surface area contributed by atoms with Crippen LogP contribution in [0.15, 0.2) is 10.8 Å². The van der Waals surface area contributed by atoms with Crippen LogP contribution in [0.25, 0.3) is 0 Å². The van der Waals surface area contributed by atoms with E-state index in [0.29, 0.717) is 24.2 Å². The lowest BCUT2D eigenvalue weighted by Gasteiger charge is -2.22. The van der Waals surface area contributed by atoms with Gasteiger partial charge in [-0.15, -0.1) is 0 Å². The van der Waals surface area contributed by atoms with Gasteiger partial charge in [0.2, 0.25) is 0 Å². The van der Waals surface area contributed by atoms with Gasteiger partial charge in [0.05, 0.1) is 6.10 Å². The lowest BCUT2D eigenvalue weighted by Crippen LogP contribution is -2.37. The van der Waals surface area contributed by atoms with Crippen LogP contribution >= 0.6 is 0 Å². The van der Waals surface area contributed by atoms with Gasteiger partial charge in [-0.25, -0.2) is 4.79 Å². The summed E-state index contributed by atoms with van der Waals surface area (Å²) in [6.07, 6.45) is 2.72. The van der Waals surface area contributed by atoms with Crippen molar-refractivity contribution < 1.29 is 14.1 Å².